The zero-order valence-corrected chi connectivity index (χ0v) is 9.81. The fourth-order valence-electron chi connectivity index (χ4n) is 1.07. The van der Waals surface area contributed by atoms with Crippen molar-refractivity contribution in [3.05, 3.63) is 18.5 Å². The summed E-state index contributed by atoms with van der Waals surface area (Å²) >= 11 is 1.42. The van der Waals surface area contributed by atoms with Crippen molar-refractivity contribution in [2.75, 3.05) is 12.5 Å². The molecule has 15 heavy (non-hydrogen) atoms. The van der Waals surface area contributed by atoms with Crippen LogP contribution in [0.25, 0.3) is 10.2 Å². The standard InChI is InChI=1S/C9H10N2O2S2/c1-2-13-6-15(12)9-11-7-5-10-4-3-8(7)14-9/h3-5H,2,6H2,1H3. The van der Waals surface area contributed by atoms with Gasteiger partial charge in [-0.25, -0.2) is 9.19 Å². The van der Waals surface area contributed by atoms with Crippen LogP contribution in [0.2, 0.25) is 0 Å². The summed E-state index contributed by atoms with van der Waals surface area (Å²) in [6, 6.07) is 1.87. The lowest BCUT2D eigenvalue weighted by atomic mass is 10.5. The zero-order valence-electron chi connectivity index (χ0n) is 8.17. The molecule has 80 valence electrons. The highest BCUT2D eigenvalue weighted by atomic mass is 32.2. The Morgan fingerprint density at radius 2 is 2.47 bits per heavy atom. The first-order valence-corrected chi connectivity index (χ1v) is 6.61. The molecule has 4 nitrogen and oxygen atoms in total. The summed E-state index contributed by atoms with van der Waals surface area (Å²) in [6.07, 6.45) is 3.38. The van der Waals surface area contributed by atoms with Crippen LogP contribution in [0.15, 0.2) is 22.8 Å². The molecule has 0 aliphatic carbocycles. The molecular weight excluding hydrogens is 232 g/mol. The molecule has 1 unspecified atom stereocenters. The Morgan fingerprint density at radius 1 is 1.60 bits per heavy atom. The molecule has 2 aromatic rings. The van der Waals surface area contributed by atoms with Gasteiger partial charge in [0.2, 0.25) is 0 Å². The van der Waals surface area contributed by atoms with Crippen molar-refractivity contribution in [2.45, 2.75) is 11.3 Å². The van der Waals surface area contributed by atoms with Crippen molar-refractivity contribution < 1.29 is 8.95 Å². The summed E-state index contributed by atoms with van der Waals surface area (Å²) in [5, 5.41) is 0. The van der Waals surface area contributed by atoms with Gasteiger partial charge < -0.3 is 4.74 Å². The predicted molar refractivity (Wildman–Crippen MR) is 60.3 cm³/mol. The fourth-order valence-corrected chi connectivity index (χ4v) is 3.13. The van der Waals surface area contributed by atoms with Crippen LogP contribution in [0, 0.1) is 0 Å². The van der Waals surface area contributed by atoms with Crippen LogP contribution in [-0.2, 0) is 15.5 Å². The monoisotopic (exact) mass is 242 g/mol. The smallest absolute Gasteiger partial charge is 0.184 e. The van der Waals surface area contributed by atoms with Crippen molar-refractivity contribution in [1.29, 1.82) is 0 Å². The van der Waals surface area contributed by atoms with Gasteiger partial charge in [0.15, 0.2) is 4.34 Å². The Morgan fingerprint density at radius 3 is 3.20 bits per heavy atom. The number of thiazole rings is 1. The van der Waals surface area contributed by atoms with Gasteiger partial charge in [-0.3, -0.25) is 4.98 Å². The highest BCUT2D eigenvalue weighted by Gasteiger charge is 2.10. The average Bonchev–Trinajstić information content (AvgIpc) is 2.69. The third kappa shape index (κ3) is 2.39. The summed E-state index contributed by atoms with van der Waals surface area (Å²) in [4.78, 5) is 8.20. The number of rotatable bonds is 4. The summed E-state index contributed by atoms with van der Waals surface area (Å²) in [6.45, 7) is 2.44. The number of aromatic nitrogens is 2. The molecular formula is C9H10N2O2S2. The number of fused-ring (bicyclic) bond motifs is 1. The van der Waals surface area contributed by atoms with Gasteiger partial charge in [-0.1, -0.05) is 0 Å². The van der Waals surface area contributed by atoms with Gasteiger partial charge >= 0.3 is 0 Å². The lowest BCUT2D eigenvalue weighted by molar-refractivity contribution is 0.196. The minimum atomic E-state index is -1.16. The van der Waals surface area contributed by atoms with Crippen LogP contribution in [0.4, 0.5) is 0 Å². The second-order valence-electron chi connectivity index (χ2n) is 2.78. The predicted octanol–water partition coefficient (Wildman–Crippen LogP) is 1.79. The summed E-state index contributed by atoms with van der Waals surface area (Å²) in [5.41, 5.74) is 0.794. The van der Waals surface area contributed by atoms with Crippen LogP contribution in [0.3, 0.4) is 0 Å². The topological polar surface area (TPSA) is 52.1 Å². The van der Waals surface area contributed by atoms with Gasteiger partial charge in [0.05, 0.1) is 10.9 Å². The van der Waals surface area contributed by atoms with E-state index in [1.165, 1.54) is 11.3 Å². The van der Waals surface area contributed by atoms with E-state index in [1.807, 2.05) is 13.0 Å². The third-order valence-corrected chi connectivity index (χ3v) is 4.26. The van der Waals surface area contributed by atoms with Crippen molar-refractivity contribution in [3.8, 4) is 0 Å². The first kappa shape index (κ1) is 10.7. The second kappa shape index (κ2) is 4.78. The molecule has 0 saturated carbocycles. The van der Waals surface area contributed by atoms with E-state index >= 15 is 0 Å². The van der Waals surface area contributed by atoms with E-state index in [4.69, 9.17) is 4.74 Å². The van der Waals surface area contributed by atoms with Gasteiger partial charge in [-0.15, -0.1) is 11.3 Å². The van der Waals surface area contributed by atoms with Gasteiger partial charge in [-0.2, -0.15) is 0 Å². The lowest BCUT2D eigenvalue weighted by Crippen LogP contribution is -2.01. The average molecular weight is 242 g/mol. The normalized spacial score (nSPS) is 13.1. The van der Waals surface area contributed by atoms with Crippen molar-refractivity contribution in [2.24, 2.45) is 0 Å². The molecule has 6 heteroatoms. The molecule has 0 amide bonds. The highest BCUT2D eigenvalue weighted by molar-refractivity contribution is 7.87. The molecule has 0 spiro atoms. The Labute approximate surface area is 93.8 Å². The maximum Gasteiger partial charge on any atom is 0.184 e. The van der Waals surface area contributed by atoms with Crippen LogP contribution in [0.5, 0.6) is 0 Å². The quantitative estimate of drug-likeness (QED) is 0.820. The molecule has 2 aromatic heterocycles. The molecule has 0 radical (unpaired) electrons. The Kier molecular flexibility index (Phi) is 3.40. The van der Waals surface area contributed by atoms with E-state index in [0.29, 0.717) is 10.9 Å². The van der Waals surface area contributed by atoms with E-state index in [2.05, 4.69) is 9.97 Å². The van der Waals surface area contributed by atoms with Crippen LogP contribution >= 0.6 is 11.3 Å². The van der Waals surface area contributed by atoms with Crippen LogP contribution in [-0.4, -0.2) is 26.7 Å². The van der Waals surface area contributed by atoms with Crippen LogP contribution in [0.1, 0.15) is 6.92 Å². The van der Waals surface area contributed by atoms with E-state index in [1.54, 1.807) is 12.4 Å². The second-order valence-corrected chi connectivity index (χ2v) is 5.38. The minimum Gasteiger partial charge on any atom is -0.368 e. The number of pyridine rings is 1. The van der Waals surface area contributed by atoms with Crippen molar-refractivity contribution in [1.82, 2.24) is 9.97 Å². The Hall–Kier alpha value is -0.850. The number of ether oxygens (including phenoxy) is 1. The highest BCUT2D eigenvalue weighted by Crippen LogP contribution is 2.23. The maximum absolute atomic E-state index is 11.7. The largest absolute Gasteiger partial charge is 0.368 e. The van der Waals surface area contributed by atoms with E-state index in [9.17, 15) is 4.21 Å². The Bertz CT molecular complexity index is 451. The maximum atomic E-state index is 11.7. The molecule has 0 bridgehead atoms. The number of nitrogens with zero attached hydrogens (tertiary/aromatic N) is 2. The summed E-state index contributed by atoms with van der Waals surface area (Å²) in [5.74, 6) is 0.212. The zero-order chi connectivity index (χ0) is 10.7. The van der Waals surface area contributed by atoms with Crippen LogP contribution < -0.4 is 0 Å². The van der Waals surface area contributed by atoms with Gasteiger partial charge in [0.1, 0.15) is 22.3 Å². The minimum absolute atomic E-state index is 0.212. The molecule has 0 aromatic carbocycles. The van der Waals surface area contributed by atoms with E-state index in [0.717, 1.165) is 10.2 Å². The number of hydrogen-bond acceptors (Lipinski definition) is 5. The first-order valence-electron chi connectivity index (χ1n) is 4.48. The molecule has 0 aliphatic rings. The Balaban J connectivity index is 2.25. The SMILES string of the molecule is CCOCS(=O)c1nc2cnccc2s1. The molecule has 2 rings (SSSR count). The molecule has 0 aliphatic heterocycles. The fraction of sp³-hybridized carbons (Fsp3) is 0.333. The van der Waals surface area contributed by atoms with Crippen molar-refractivity contribution >= 4 is 32.4 Å². The lowest BCUT2D eigenvalue weighted by Gasteiger charge is -1.96. The van der Waals surface area contributed by atoms with Gasteiger partial charge in [0, 0.05) is 12.8 Å². The molecule has 1 atom stereocenters. The molecule has 0 fully saturated rings. The van der Waals surface area contributed by atoms with Crippen molar-refractivity contribution in [3.63, 3.8) is 0 Å². The summed E-state index contributed by atoms with van der Waals surface area (Å²) in [7, 11) is -1.16. The molecule has 2 heterocycles. The molecule has 0 saturated heterocycles. The summed E-state index contributed by atoms with van der Waals surface area (Å²) < 4.78 is 18.4. The molecule has 0 N–H and O–H groups in total. The van der Waals surface area contributed by atoms with Gasteiger partial charge in [-0.05, 0) is 13.0 Å². The van der Waals surface area contributed by atoms with E-state index in [-0.39, 0.29) is 5.94 Å². The first-order chi connectivity index (χ1) is 7.31. The third-order valence-electron chi connectivity index (χ3n) is 1.76. The number of hydrogen-bond donors (Lipinski definition) is 0. The van der Waals surface area contributed by atoms with E-state index < -0.39 is 10.8 Å². The van der Waals surface area contributed by atoms with Gasteiger partial charge in [0.25, 0.3) is 0 Å².